The number of sulfonamides is 1. The number of carbonyl (C=O) groups is 1. The summed E-state index contributed by atoms with van der Waals surface area (Å²) in [6.45, 7) is 6.42. The van der Waals surface area contributed by atoms with Gasteiger partial charge in [-0.2, -0.15) is 0 Å². The Labute approximate surface area is 148 Å². The van der Waals surface area contributed by atoms with Gasteiger partial charge in [-0.15, -0.1) is 0 Å². The van der Waals surface area contributed by atoms with Gasteiger partial charge in [0, 0.05) is 19.8 Å². The molecule has 25 heavy (non-hydrogen) atoms. The van der Waals surface area contributed by atoms with Crippen LogP contribution in [-0.4, -0.2) is 32.9 Å². The van der Waals surface area contributed by atoms with Crippen molar-refractivity contribution in [1.82, 2.24) is 10.3 Å². The lowest BCUT2D eigenvalue weighted by Crippen LogP contribution is -2.34. The second kappa shape index (κ2) is 7.23. The molecule has 1 aromatic heterocycles. The predicted molar refractivity (Wildman–Crippen MR) is 98.1 cm³/mol. The topological polar surface area (TPSA) is 79.4 Å². The highest BCUT2D eigenvalue weighted by Gasteiger charge is 2.27. The average molecular weight is 361 g/mol. The quantitative estimate of drug-likeness (QED) is 0.888. The number of anilines is 1. The molecular weight excluding hydrogens is 338 g/mol. The molecule has 134 valence electrons. The third-order valence-electron chi connectivity index (χ3n) is 3.56. The maximum Gasteiger partial charge on any atom is 0.264 e. The zero-order chi connectivity index (χ0) is 18.7. The lowest BCUT2D eigenvalue weighted by molar-refractivity contribution is 0.0936. The number of amides is 1. The number of rotatable bonds is 5. The number of hydrogen-bond donors (Lipinski definition) is 1. The van der Waals surface area contributed by atoms with Crippen molar-refractivity contribution in [3.8, 4) is 0 Å². The Morgan fingerprint density at radius 2 is 1.84 bits per heavy atom. The number of hydrogen-bond acceptors (Lipinski definition) is 4. The highest BCUT2D eigenvalue weighted by molar-refractivity contribution is 7.92. The molecule has 7 heteroatoms. The van der Waals surface area contributed by atoms with Crippen LogP contribution < -0.4 is 9.62 Å². The minimum absolute atomic E-state index is 0.0345. The molecule has 0 fully saturated rings. The van der Waals surface area contributed by atoms with Crippen LogP contribution in [0.3, 0.4) is 0 Å². The largest absolute Gasteiger partial charge is 0.351 e. The van der Waals surface area contributed by atoms with Crippen molar-refractivity contribution >= 4 is 21.6 Å². The fourth-order valence-electron chi connectivity index (χ4n) is 2.15. The van der Waals surface area contributed by atoms with E-state index in [-0.39, 0.29) is 15.9 Å². The van der Waals surface area contributed by atoms with E-state index in [1.807, 2.05) is 20.8 Å². The van der Waals surface area contributed by atoms with E-state index in [2.05, 4.69) is 10.3 Å². The van der Waals surface area contributed by atoms with Gasteiger partial charge in [0.2, 0.25) is 0 Å². The first kappa shape index (κ1) is 18.9. The highest BCUT2D eigenvalue weighted by atomic mass is 32.2. The first-order valence-corrected chi connectivity index (χ1v) is 9.33. The van der Waals surface area contributed by atoms with Gasteiger partial charge in [0.05, 0.1) is 17.4 Å². The van der Waals surface area contributed by atoms with Crippen molar-refractivity contribution in [2.45, 2.75) is 25.7 Å². The fourth-order valence-corrected chi connectivity index (χ4v) is 3.52. The molecule has 0 aliphatic heterocycles. The van der Waals surface area contributed by atoms with Crippen LogP contribution in [0.15, 0.2) is 53.7 Å². The summed E-state index contributed by atoms with van der Waals surface area (Å²) in [5.74, 6) is -0.409. The summed E-state index contributed by atoms with van der Waals surface area (Å²) in [5, 5.41) is 2.80. The number of aromatic nitrogens is 1. The normalized spacial score (nSPS) is 11.8. The van der Waals surface area contributed by atoms with Gasteiger partial charge in [-0.1, -0.05) is 32.9 Å². The summed E-state index contributed by atoms with van der Waals surface area (Å²) >= 11 is 0. The van der Waals surface area contributed by atoms with Gasteiger partial charge in [-0.05, 0) is 29.7 Å². The summed E-state index contributed by atoms with van der Waals surface area (Å²) in [5.41, 5.74) is 0.450. The zero-order valence-electron chi connectivity index (χ0n) is 14.9. The van der Waals surface area contributed by atoms with Crippen LogP contribution in [0.25, 0.3) is 0 Å². The van der Waals surface area contributed by atoms with E-state index in [0.717, 1.165) is 4.31 Å². The molecule has 0 unspecified atom stereocenters. The lowest BCUT2D eigenvalue weighted by Gasteiger charge is -2.22. The van der Waals surface area contributed by atoms with Gasteiger partial charge in [0.15, 0.2) is 0 Å². The number of benzene rings is 1. The van der Waals surface area contributed by atoms with Crippen molar-refractivity contribution in [3.05, 3.63) is 54.4 Å². The molecule has 0 saturated heterocycles. The zero-order valence-corrected chi connectivity index (χ0v) is 15.7. The van der Waals surface area contributed by atoms with Crippen molar-refractivity contribution in [3.63, 3.8) is 0 Å². The Morgan fingerprint density at radius 1 is 1.16 bits per heavy atom. The van der Waals surface area contributed by atoms with Gasteiger partial charge in [-0.3, -0.25) is 14.1 Å². The smallest absolute Gasteiger partial charge is 0.264 e. The second-order valence-corrected chi connectivity index (χ2v) is 8.86. The number of nitrogens with one attached hydrogen (secondary N) is 1. The molecule has 0 spiro atoms. The maximum absolute atomic E-state index is 13.0. The standard InChI is InChI=1S/C18H23N3O3S/c1-18(2,3)13-20-17(22)15-9-5-6-10-16(15)25(23,24)21(4)14-8-7-11-19-12-14/h5-12H,13H2,1-4H3,(H,20,22). The summed E-state index contributed by atoms with van der Waals surface area (Å²) in [6, 6.07) is 9.51. The Kier molecular flexibility index (Phi) is 5.47. The van der Waals surface area contributed by atoms with E-state index in [4.69, 9.17) is 0 Å². The SMILES string of the molecule is CN(c1cccnc1)S(=O)(=O)c1ccccc1C(=O)NCC(C)(C)C. The number of pyridine rings is 1. The Morgan fingerprint density at radius 3 is 2.44 bits per heavy atom. The van der Waals surface area contributed by atoms with Gasteiger partial charge in [0.25, 0.3) is 15.9 Å². The third-order valence-corrected chi connectivity index (χ3v) is 5.40. The first-order chi connectivity index (χ1) is 11.6. The minimum Gasteiger partial charge on any atom is -0.351 e. The molecule has 1 heterocycles. The van der Waals surface area contributed by atoms with E-state index in [0.29, 0.717) is 12.2 Å². The molecule has 0 aliphatic rings. The molecule has 1 aromatic carbocycles. The molecule has 6 nitrogen and oxygen atoms in total. The van der Waals surface area contributed by atoms with Crippen molar-refractivity contribution in [2.24, 2.45) is 5.41 Å². The Bertz CT molecular complexity index is 843. The van der Waals surface area contributed by atoms with Crippen molar-refractivity contribution in [1.29, 1.82) is 0 Å². The van der Waals surface area contributed by atoms with Crippen LogP contribution in [0.1, 0.15) is 31.1 Å². The molecule has 2 aromatic rings. The molecule has 2 rings (SSSR count). The van der Waals surface area contributed by atoms with Crippen LogP contribution in [0, 0.1) is 5.41 Å². The van der Waals surface area contributed by atoms with E-state index < -0.39 is 15.9 Å². The van der Waals surface area contributed by atoms with Crippen molar-refractivity contribution in [2.75, 3.05) is 17.9 Å². The predicted octanol–water partition coefficient (Wildman–Crippen LogP) is 2.68. The fraction of sp³-hybridized carbons (Fsp3) is 0.333. The first-order valence-electron chi connectivity index (χ1n) is 7.89. The van der Waals surface area contributed by atoms with Gasteiger partial charge < -0.3 is 5.32 Å². The molecular formula is C18H23N3O3S. The Balaban J connectivity index is 2.38. The van der Waals surface area contributed by atoms with Crippen molar-refractivity contribution < 1.29 is 13.2 Å². The maximum atomic E-state index is 13.0. The summed E-state index contributed by atoms with van der Waals surface area (Å²) in [7, 11) is -2.45. The van der Waals surface area contributed by atoms with Gasteiger partial charge in [0.1, 0.15) is 4.90 Å². The molecule has 1 N–H and O–H groups in total. The monoisotopic (exact) mass is 361 g/mol. The average Bonchev–Trinajstić information content (AvgIpc) is 2.59. The Hall–Kier alpha value is -2.41. The number of carbonyl (C=O) groups excluding carboxylic acids is 1. The van der Waals surface area contributed by atoms with Crippen LogP contribution in [0.4, 0.5) is 5.69 Å². The summed E-state index contributed by atoms with van der Waals surface area (Å²) in [4.78, 5) is 16.4. The molecule has 0 bridgehead atoms. The van der Waals surface area contributed by atoms with Crippen LogP contribution in [0.2, 0.25) is 0 Å². The van der Waals surface area contributed by atoms with E-state index in [9.17, 15) is 13.2 Å². The number of nitrogens with zero attached hydrogens (tertiary/aromatic N) is 2. The van der Waals surface area contributed by atoms with Crippen LogP contribution in [-0.2, 0) is 10.0 Å². The molecule has 0 atom stereocenters. The van der Waals surface area contributed by atoms with Gasteiger partial charge in [-0.25, -0.2) is 8.42 Å². The molecule has 1 amide bonds. The van der Waals surface area contributed by atoms with E-state index in [1.165, 1.54) is 25.4 Å². The minimum atomic E-state index is -3.89. The molecule has 0 aliphatic carbocycles. The lowest BCUT2D eigenvalue weighted by atomic mass is 9.97. The highest BCUT2D eigenvalue weighted by Crippen LogP contribution is 2.24. The van der Waals surface area contributed by atoms with Crippen LogP contribution in [0.5, 0.6) is 0 Å². The van der Waals surface area contributed by atoms with Crippen LogP contribution >= 0.6 is 0 Å². The second-order valence-electron chi connectivity index (χ2n) is 6.92. The molecule has 0 radical (unpaired) electrons. The molecule has 0 saturated carbocycles. The summed E-state index contributed by atoms with van der Waals surface area (Å²) < 4.78 is 27.1. The van der Waals surface area contributed by atoms with E-state index >= 15 is 0 Å². The van der Waals surface area contributed by atoms with Gasteiger partial charge >= 0.3 is 0 Å². The summed E-state index contributed by atoms with van der Waals surface area (Å²) in [6.07, 6.45) is 3.03. The third kappa shape index (κ3) is 4.57. The van der Waals surface area contributed by atoms with E-state index in [1.54, 1.807) is 30.5 Å².